The van der Waals surface area contributed by atoms with Crippen LogP contribution >= 0.6 is 0 Å². The van der Waals surface area contributed by atoms with Crippen LogP contribution in [-0.2, 0) is 21.9 Å². The van der Waals surface area contributed by atoms with Crippen LogP contribution in [0.4, 0.5) is 37.7 Å². The van der Waals surface area contributed by atoms with Crippen LogP contribution in [0.25, 0.3) is 0 Å². The Morgan fingerprint density at radius 1 is 0.886 bits per heavy atom. The lowest BCUT2D eigenvalue weighted by Gasteiger charge is -2.19. The summed E-state index contributed by atoms with van der Waals surface area (Å²) in [6.45, 7) is 0. The van der Waals surface area contributed by atoms with Crippen LogP contribution in [0, 0.1) is 22.7 Å². The first-order chi connectivity index (χ1) is 16.3. The van der Waals surface area contributed by atoms with Gasteiger partial charge >= 0.3 is 18.3 Å². The fourth-order valence-electron chi connectivity index (χ4n) is 2.69. The van der Waals surface area contributed by atoms with E-state index >= 15 is 0 Å². The first kappa shape index (κ1) is 26.8. The summed E-state index contributed by atoms with van der Waals surface area (Å²) in [6.07, 6.45) is -11.0. The number of carbonyl (C=O) groups excluding carboxylic acids is 1. The molecule has 0 spiro atoms. The highest BCUT2D eigenvalue weighted by atomic mass is 19.4. The van der Waals surface area contributed by atoms with Crippen molar-refractivity contribution in [2.45, 2.75) is 31.6 Å². The average molecular weight is 497 g/mol. The summed E-state index contributed by atoms with van der Waals surface area (Å²) >= 11 is 0. The number of carboxylic acids is 1. The highest BCUT2D eigenvalue weighted by Gasteiger charge is 2.33. The summed E-state index contributed by atoms with van der Waals surface area (Å²) in [6, 6.07) is 6.75. The third-order valence-corrected chi connectivity index (χ3v) is 4.38. The summed E-state index contributed by atoms with van der Waals surface area (Å²) in [4.78, 5) is 23.4. The van der Waals surface area contributed by atoms with Crippen molar-refractivity contribution in [2.24, 2.45) is 10.3 Å². The van der Waals surface area contributed by atoms with Crippen LogP contribution in [0.3, 0.4) is 0 Å². The molecule has 0 radical (unpaired) electrons. The molecule has 2 rings (SSSR count). The number of anilines is 1. The van der Waals surface area contributed by atoms with Crippen LogP contribution in [0.15, 0.2) is 46.7 Å². The van der Waals surface area contributed by atoms with E-state index in [9.17, 15) is 41.2 Å². The van der Waals surface area contributed by atoms with E-state index in [1.54, 1.807) is 12.1 Å². The Kier molecular flexibility index (Phi) is 8.15. The molecule has 14 heteroatoms. The number of benzene rings is 2. The first-order valence-electron chi connectivity index (χ1n) is 9.47. The topological polar surface area (TPSA) is 130 Å². The van der Waals surface area contributed by atoms with Crippen LogP contribution in [0.2, 0.25) is 0 Å². The van der Waals surface area contributed by atoms with E-state index in [0.717, 1.165) is 12.1 Å². The second-order valence-electron chi connectivity index (χ2n) is 6.83. The molecule has 2 aromatic rings. The number of amides is 1. The lowest BCUT2D eigenvalue weighted by molar-refractivity contribution is -0.138. The Hall–Kier alpha value is -4.46. The molecule has 0 heterocycles. The van der Waals surface area contributed by atoms with Gasteiger partial charge in [-0.15, -0.1) is 5.11 Å². The standard InChI is InChI=1S/C21H13F6N5O3/c22-20(23,24)14-6-4-12(10-28)16(8-14)30-31-32(18(33)2-1-3-19(34)35)17-9-15(21(25,26)27)7-5-13(17)11-29/h4-9H,1-3H2,(H,34,35). The summed E-state index contributed by atoms with van der Waals surface area (Å²) in [5, 5.41) is 34.3. The normalized spacial score (nSPS) is 11.7. The number of hydrogen-bond acceptors (Lipinski definition) is 6. The number of hydrogen-bond donors (Lipinski definition) is 1. The van der Waals surface area contributed by atoms with Crippen LogP contribution in [0.1, 0.15) is 41.5 Å². The van der Waals surface area contributed by atoms with Gasteiger partial charge in [-0.2, -0.15) is 41.9 Å². The van der Waals surface area contributed by atoms with E-state index in [-0.39, 0.29) is 17.0 Å². The molecule has 0 unspecified atom stereocenters. The highest BCUT2D eigenvalue weighted by molar-refractivity contribution is 5.94. The largest absolute Gasteiger partial charge is 0.481 e. The Bertz CT molecular complexity index is 1240. The van der Waals surface area contributed by atoms with Gasteiger partial charge in [0.1, 0.15) is 17.8 Å². The third kappa shape index (κ3) is 7.01. The van der Waals surface area contributed by atoms with E-state index in [0.29, 0.717) is 24.3 Å². The van der Waals surface area contributed by atoms with Gasteiger partial charge in [0.25, 0.3) is 0 Å². The molecule has 0 aliphatic heterocycles. The molecule has 0 aliphatic rings. The Morgan fingerprint density at radius 2 is 1.43 bits per heavy atom. The molecule has 0 bridgehead atoms. The van der Waals surface area contributed by atoms with E-state index in [1.807, 2.05) is 0 Å². The van der Waals surface area contributed by atoms with E-state index in [1.165, 1.54) is 0 Å². The number of carbonyl (C=O) groups is 2. The number of halogens is 6. The smallest absolute Gasteiger partial charge is 0.416 e. The monoisotopic (exact) mass is 497 g/mol. The molecule has 0 aliphatic carbocycles. The summed E-state index contributed by atoms with van der Waals surface area (Å²) in [5.41, 5.74) is -4.63. The molecule has 1 amide bonds. The summed E-state index contributed by atoms with van der Waals surface area (Å²) in [7, 11) is 0. The van der Waals surface area contributed by atoms with Gasteiger partial charge in [0, 0.05) is 12.8 Å². The number of aliphatic carboxylic acids is 1. The second-order valence-corrected chi connectivity index (χ2v) is 6.83. The summed E-state index contributed by atoms with van der Waals surface area (Å²) < 4.78 is 78.8. The number of rotatable bonds is 7. The van der Waals surface area contributed by atoms with Crippen molar-refractivity contribution in [2.75, 3.05) is 5.01 Å². The van der Waals surface area contributed by atoms with Crippen molar-refractivity contribution in [1.29, 1.82) is 10.5 Å². The average Bonchev–Trinajstić information content (AvgIpc) is 2.77. The third-order valence-electron chi connectivity index (χ3n) is 4.38. The van der Waals surface area contributed by atoms with Crippen LogP contribution in [0.5, 0.6) is 0 Å². The lowest BCUT2D eigenvalue weighted by Crippen LogP contribution is -2.26. The quantitative estimate of drug-likeness (QED) is 0.296. The Morgan fingerprint density at radius 3 is 1.94 bits per heavy atom. The number of nitrogens with zero attached hydrogens (tertiary/aromatic N) is 5. The molecule has 0 aromatic heterocycles. The van der Waals surface area contributed by atoms with Crippen molar-refractivity contribution in [3.63, 3.8) is 0 Å². The molecule has 2 aromatic carbocycles. The molecule has 8 nitrogen and oxygen atoms in total. The van der Waals surface area contributed by atoms with Gasteiger partial charge in [0.2, 0.25) is 5.91 Å². The molecular formula is C21H13F6N5O3. The first-order valence-corrected chi connectivity index (χ1v) is 9.47. The zero-order valence-corrected chi connectivity index (χ0v) is 17.4. The van der Waals surface area contributed by atoms with Gasteiger partial charge in [-0.25, -0.2) is 0 Å². The van der Waals surface area contributed by atoms with Gasteiger partial charge in [0.15, 0.2) is 0 Å². The molecule has 35 heavy (non-hydrogen) atoms. The predicted molar refractivity (Wildman–Crippen MR) is 106 cm³/mol. The molecular weight excluding hydrogens is 484 g/mol. The molecule has 1 N–H and O–H groups in total. The van der Waals surface area contributed by atoms with Crippen LogP contribution in [-0.4, -0.2) is 17.0 Å². The number of alkyl halides is 6. The van der Waals surface area contributed by atoms with E-state index in [2.05, 4.69) is 10.3 Å². The van der Waals surface area contributed by atoms with Crippen molar-refractivity contribution in [3.05, 3.63) is 58.7 Å². The minimum absolute atomic E-state index is 0.256. The minimum atomic E-state index is -4.88. The van der Waals surface area contributed by atoms with Crippen molar-refractivity contribution in [1.82, 2.24) is 0 Å². The number of nitriles is 2. The number of carboxylic acid groups (broad SMARTS) is 1. The van der Waals surface area contributed by atoms with Gasteiger partial charge < -0.3 is 5.11 Å². The molecule has 0 saturated heterocycles. The molecule has 0 fully saturated rings. The second kappa shape index (κ2) is 10.6. The van der Waals surface area contributed by atoms with Gasteiger partial charge in [-0.05, 0) is 42.8 Å². The summed E-state index contributed by atoms with van der Waals surface area (Å²) in [5.74, 6) is -2.35. The van der Waals surface area contributed by atoms with Crippen molar-refractivity contribution in [3.8, 4) is 12.1 Å². The maximum atomic E-state index is 13.2. The van der Waals surface area contributed by atoms with Crippen LogP contribution < -0.4 is 5.01 Å². The van der Waals surface area contributed by atoms with Gasteiger partial charge in [0.05, 0.1) is 27.9 Å². The fraction of sp³-hybridized carbons (Fsp3) is 0.238. The zero-order valence-electron chi connectivity index (χ0n) is 17.4. The van der Waals surface area contributed by atoms with Gasteiger partial charge in [-0.1, -0.05) is 5.22 Å². The van der Waals surface area contributed by atoms with Gasteiger partial charge in [-0.3, -0.25) is 9.59 Å². The maximum absolute atomic E-state index is 13.2. The molecule has 182 valence electrons. The Balaban J connectivity index is 2.62. The molecule has 0 atom stereocenters. The predicted octanol–water partition coefficient (Wildman–Crippen LogP) is 5.75. The van der Waals surface area contributed by atoms with E-state index < -0.39 is 65.1 Å². The SMILES string of the molecule is N#Cc1ccc(C(F)(F)F)cc1N=NN(C(=O)CCCC(=O)O)c1cc(C(F)(F)F)ccc1C#N. The van der Waals surface area contributed by atoms with Crippen molar-refractivity contribution < 1.29 is 41.0 Å². The minimum Gasteiger partial charge on any atom is -0.481 e. The Labute approximate surface area is 193 Å². The fourth-order valence-corrected chi connectivity index (χ4v) is 2.69. The van der Waals surface area contributed by atoms with Crippen molar-refractivity contribution >= 4 is 23.3 Å². The lowest BCUT2D eigenvalue weighted by atomic mass is 10.1. The van der Waals surface area contributed by atoms with E-state index in [4.69, 9.17) is 10.4 Å². The zero-order chi connectivity index (χ0) is 26.4. The highest BCUT2D eigenvalue weighted by Crippen LogP contribution is 2.36. The maximum Gasteiger partial charge on any atom is 0.416 e. The molecule has 0 saturated carbocycles.